The van der Waals surface area contributed by atoms with Crippen LogP contribution in [0.4, 0.5) is 5.69 Å². The molecule has 3 rings (SSSR count). The molecule has 2 aliphatic rings. The van der Waals surface area contributed by atoms with Gasteiger partial charge in [-0.1, -0.05) is 26.7 Å². The highest BCUT2D eigenvalue weighted by Crippen LogP contribution is 2.38. The Morgan fingerprint density at radius 3 is 2.50 bits per heavy atom. The molecule has 4 nitrogen and oxygen atoms in total. The SMILES string of the molecule is CC1CCN(CCCOc2ccc(NC(=O)C3(C)CCCC3)cc2)CC1. The van der Waals surface area contributed by atoms with E-state index in [1.165, 1.54) is 25.9 Å². The highest BCUT2D eigenvalue weighted by molar-refractivity contribution is 5.95. The van der Waals surface area contributed by atoms with Crippen LogP contribution in [-0.2, 0) is 4.79 Å². The maximum Gasteiger partial charge on any atom is 0.230 e. The summed E-state index contributed by atoms with van der Waals surface area (Å²) < 4.78 is 5.86. The van der Waals surface area contributed by atoms with Crippen molar-refractivity contribution in [2.75, 3.05) is 31.6 Å². The highest BCUT2D eigenvalue weighted by atomic mass is 16.5. The summed E-state index contributed by atoms with van der Waals surface area (Å²) in [5.41, 5.74) is 0.666. The molecule has 1 heterocycles. The van der Waals surface area contributed by atoms with Crippen molar-refractivity contribution >= 4 is 11.6 Å². The summed E-state index contributed by atoms with van der Waals surface area (Å²) in [6, 6.07) is 7.79. The van der Waals surface area contributed by atoms with Crippen LogP contribution in [0.25, 0.3) is 0 Å². The van der Waals surface area contributed by atoms with Crippen molar-refractivity contribution < 1.29 is 9.53 Å². The zero-order valence-corrected chi connectivity index (χ0v) is 16.4. The number of amides is 1. The first-order chi connectivity index (χ1) is 12.5. The number of ether oxygens (including phenoxy) is 1. The Kier molecular flexibility index (Phi) is 6.58. The van der Waals surface area contributed by atoms with E-state index in [9.17, 15) is 4.79 Å². The van der Waals surface area contributed by atoms with E-state index in [0.29, 0.717) is 0 Å². The Morgan fingerprint density at radius 2 is 1.85 bits per heavy atom. The first-order valence-corrected chi connectivity index (χ1v) is 10.3. The van der Waals surface area contributed by atoms with Crippen LogP contribution < -0.4 is 10.1 Å². The van der Waals surface area contributed by atoms with Crippen molar-refractivity contribution in [2.24, 2.45) is 11.3 Å². The third-order valence-electron chi connectivity index (χ3n) is 6.13. The number of carbonyl (C=O) groups excluding carboxylic acids is 1. The fourth-order valence-electron chi connectivity index (χ4n) is 4.06. The third kappa shape index (κ3) is 5.23. The van der Waals surface area contributed by atoms with Gasteiger partial charge in [-0.15, -0.1) is 0 Å². The smallest absolute Gasteiger partial charge is 0.230 e. The van der Waals surface area contributed by atoms with Gasteiger partial charge >= 0.3 is 0 Å². The molecule has 144 valence electrons. The predicted molar refractivity (Wildman–Crippen MR) is 107 cm³/mol. The summed E-state index contributed by atoms with van der Waals surface area (Å²) in [4.78, 5) is 15.0. The summed E-state index contributed by atoms with van der Waals surface area (Å²) >= 11 is 0. The lowest BCUT2D eigenvalue weighted by molar-refractivity contribution is -0.124. The van der Waals surface area contributed by atoms with E-state index in [4.69, 9.17) is 4.74 Å². The molecule has 4 heteroatoms. The number of carbonyl (C=O) groups is 1. The number of hydrogen-bond acceptors (Lipinski definition) is 3. The Hall–Kier alpha value is -1.55. The average Bonchev–Trinajstić information content (AvgIpc) is 3.10. The first-order valence-electron chi connectivity index (χ1n) is 10.3. The number of nitrogens with zero attached hydrogens (tertiary/aromatic N) is 1. The van der Waals surface area contributed by atoms with E-state index in [-0.39, 0.29) is 11.3 Å². The van der Waals surface area contributed by atoms with E-state index in [2.05, 4.69) is 24.1 Å². The van der Waals surface area contributed by atoms with Crippen molar-refractivity contribution in [2.45, 2.75) is 58.8 Å². The molecule has 1 saturated heterocycles. The molecule has 0 spiro atoms. The van der Waals surface area contributed by atoms with Crippen LogP contribution in [0, 0.1) is 11.3 Å². The molecule has 0 radical (unpaired) electrons. The quantitative estimate of drug-likeness (QED) is 0.718. The number of anilines is 1. The third-order valence-corrected chi connectivity index (χ3v) is 6.13. The van der Waals surface area contributed by atoms with Gasteiger partial charge in [0.25, 0.3) is 0 Å². The van der Waals surface area contributed by atoms with E-state index in [1.807, 2.05) is 24.3 Å². The topological polar surface area (TPSA) is 41.6 Å². The molecule has 1 amide bonds. The van der Waals surface area contributed by atoms with Gasteiger partial charge in [0, 0.05) is 17.6 Å². The molecule has 0 unspecified atom stereocenters. The largest absolute Gasteiger partial charge is 0.494 e. The Bertz CT molecular complexity index is 570. The summed E-state index contributed by atoms with van der Waals surface area (Å²) in [6.45, 7) is 8.76. The second-order valence-corrected chi connectivity index (χ2v) is 8.47. The van der Waals surface area contributed by atoms with Gasteiger partial charge in [-0.3, -0.25) is 4.79 Å². The van der Waals surface area contributed by atoms with Crippen LogP contribution in [0.3, 0.4) is 0 Å². The zero-order valence-electron chi connectivity index (χ0n) is 16.4. The number of benzene rings is 1. The first kappa shape index (κ1) is 19.2. The zero-order chi connectivity index (χ0) is 18.4. The summed E-state index contributed by atoms with van der Waals surface area (Å²) in [6.07, 6.45) is 8.03. The van der Waals surface area contributed by atoms with Crippen molar-refractivity contribution in [1.82, 2.24) is 4.90 Å². The number of rotatable bonds is 7. The molecule has 1 aliphatic carbocycles. The van der Waals surface area contributed by atoms with Crippen LogP contribution in [0.15, 0.2) is 24.3 Å². The molecular formula is C22H34N2O2. The molecule has 0 aromatic heterocycles. The van der Waals surface area contributed by atoms with Crippen LogP contribution in [0.2, 0.25) is 0 Å². The minimum atomic E-state index is -0.193. The molecule has 0 atom stereocenters. The lowest BCUT2D eigenvalue weighted by Crippen LogP contribution is -2.34. The lowest BCUT2D eigenvalue weighted by atomic mass is 9.88. The van der Waals surface area contributed by atoms with Crippen LogP contribution in [0.5, 0.6) is 5.75 Å². The molecule has 1 N–H and O–H groups in total. The van der Waals surface area contributed by atoms with Gasteiger partial charge in [0.05, 0.1) is 6.61 Å². The number of hydrogen-bond donors (Lipinski definition) is 1. The maximum atomic E-state index is 12.5. The van der Waals surface area contributed by atoms with Crippen molar-refractivity contribution in [3.8, 4) is 5.75 Å². The van der Waals surface area contributed by atoms with E-state index < -0.39 is 0 Å². The lowest BCUT2D eigenvalue weighted by Gasteiger charge is -2.30. The van der Waals surface area contributed by atoms with Gasteiger partial charge < -0.3 is 15.0 Å². The van der Waals surface area contributed by atoms with Crippen LogP contribution in [0.1, 0.15) is 58.8 Å². The van der Waals surface area contributed by atoms with Gasteiger partial charge in [0.1, 0.15) is 5.75 Å². The van der Waals surface area contributed by atoms with Crippen molar-refractivity contribution in [3.63, 3.8) is 0 Å². The van der Waals surface area contributed by atoms with Gasteiger partial charge in [-0.05, 0) is 75.4 Å². The van der Waals surface area contributed by atoms with Gasteiger partial charge in [0.2, 0.25) is 5.91 Å². The minimum absolute atomic E-state index is 0.152. The summed E-state index contributed by atoms with van der Waals surface area (Å²) in [5, 5.41) is 3.06. The molecule has 26 heavy (non-hydrogen) atoms. The standard InChI is InChI=1S/C22H34N2O2/c1-18-10-15-24(16-11-18)14-5-17-26-20-8-6-19(7-9-20)23-21(25)22(2)12-3-4-13-22/h6-9,18H,3-5,10-17H2,1-2H3,(H,23,25). The summed E-state index contributed by atoms with van der Waals surface area (Å²) in [7, 11) is 0. The predicted octanol–water partition coefficient (Wildman–Crippen LogP) is 4.71. The van der Waals surface area contributed by atoms with Gasteiger partial charge in [-0.2, -0.15) is 0 Å². The van der Waals surface area contributed by atoms with Crippen molar-refractivity contribution in [1.29, 1.82) is 0 Å². The highest BCUT2D eigenvalue weighted by Gasteiger charge is 2.36. The molecule has 2 fully saturated rings. The molecule has 0 bridgehead atoms. The second kappa shape index (κ2) is 8.90. The summed E-state index contributed by atoms with van der Waals surface area (Å²) in [5.74, 6) is 1.92. The number of piperidine rings is 1. The van der Waals surface area contributed by atoms with Crippen LogP contribution >= 0.6 is 0 Å². The Labute approximate surface area is 158 Å². The molecule has 1 aliphatic heterocycles. The molecule has 1 aromatic rings. The number of likely N-dealkylation sites (tertiary alicyclic amines) is 1. The molecule has 1 aromatic carbocycles. The second-order valence-electron chi connectivity index (χ2n) is 8.47. The average molecular weight is 359 g/mol. The minimum Gasteiger partial charge on any atom is -0.494 e. The Balaban J connectivity index is 1.37. The van der Waals surface area contributed by atoms with Gasteiger partial charge in [0.15, 0.2) is 0 Å². The normalized spacial score (nSPS) is 20.8. The van der Waals surface area contributed by atoms with Crippen LogP contribution in [-0.4, -0.2) is 37.0 Å². The van der Waals surface area contributed by atoms with E-state index >= 15 is 0 Å². The fraction of sp³-hybridized carbons (Fsp3) is 0.682. The molecule has 1 saturated carbocycles. The maximum absolute atomic E-state index is 12.5. The van der Waals surface area contributed by atoms with E-state index in [0.717, 1.165) is 62.6 Å². The molecular weight excluding hydrogens is 324 g/mol. The Morgan fingerprint density at radius 1 is 1.19 bits per heavy atom. The van der Waals surface area contributed by atoms with Gasteiger partial charge in [-0.25, -0.2) is 0 Å². The van der Waals surface area contributed by atoms with Crippen molar-refractivity contribution in [3.05, 3.63) is 24.3 Å². The fourth-order valence-corrected chi connectivity index (χ4v) is 4.06. The van der Waals surface area contributed by atoms with E-state index in [1.54, 1.807) is 0 Å². The monoisotopic (exact) mass is 358 g/mol. The number of nitrogens with one attached hydrogen (secondary N) is 1.